The van der Waals surface area contributed by atoms with Gasteiger partial charge in [-0.25, -0.2) is 13.1 Å². The van der Waals surface area contributed by atoms with Crippen molar-refractivity contribution >= 4 is 20.1 Å². The van der Waals surface area contributed by atoms with E-state index in [2.05, 4.69) is 9.62 Å². The van der Waals surface area contributed by atoms with E-state index in [1.165, 1.54) is 0 Å². The van der Waals surface area contributed by atoms with Crippen LogP contribution in [0.2, 0.25) is 0 Å². The molecule has 0 aromatic heterocycles. The molecule has 1 aliphatic heterocycles. The zero-order valence-corrected chi connectivity index (χ0v) is 18.7. The van der Waals surface area contributed by atoms with E-state index in [1.807, 2.05) is 6.92 Å². The molecule has 1 saturated heterocycles. The van der Waals surface area contributed by atoms with Gasteiger partial charge in [-0.15, -0.1) is 0 Å². The van der Waals surface area contributed by atoms with Crippen molar-refractivity contribution in [1.29, 1.82) is 0 Å². The predicted molar refractivity (Wildman–Crippen MR) is 116 cm³/mol. The standard InChI is InChI=1S/C21H28N2O5S2/c1-18-9-11-21(12-10-18)30(26,27)22-16-19-6-5-13-23(17-19)14-15-29(24,25)28-20-7-3-2-4-8-20/h2-4,7-12,19,22H,5-6,13-17H2,1H3. The number of rotatable bonds is 9. The quantitative estimate of drug-likeness (QED) is 0.588. The number of hydrogen-bond donors (Lipinski definition) is 1. The number of para-hydroxylation sites is 1. The van der Waals surface area contributed by atoms with Gasteiger partial charge in [0, 0.05) is 19.6 Å². The van der Waals surface area contributed by atoms with Crippen molar-refractivity contribution in [2.45, 2.75) is 24.7 Å². The summed E-state index contributed by atoms with van der Waals surface area (Å²) in [4.78, 5) is 2.31. The van der Waals surface area contributed by atoms with E-state index in [4.69, 9.17) is 4.18 Å². The van der Waals surface area contributed by atoms with E-state index in [0.717, 1.165) is 24.9 Å². The van der Waals surface area contributed by atoms with E-state index in [1.54, 1.807) is 54.6 Å². The summed E-state index contributed by atoms with van der Waals surface area (Å²) in [5, 5.41) is 0. The first-order chi connectivity index (χ1) is 14.2. The highest BCUT2D eigenvalue weighted by Crippen LogP contribution is 2.18. The lowest BCUT2D eigenvalue weighted by Gasteiger charge is -2.32. The van der Waals surface area contributed by atoms with Crippen molar-refractivity contribution in [3.8, 4) is 5.75 Å². The van der Waals surface area contributed by atoms with Gasteiger partial charge in [-0.05, 0) is 56.5 Å². The number of piperidine rings is 1. The van der Waals surface area contributed by atoms with Crippen LogP contribution in [0.4, 0.5) is 0 Å². The van der Waals surface area contributed by atoms with Gasteiger partial charge in [-0.2, -0.15) is 8.42 Å². The summed E-state index contributed by atoms with van der Waals surface area (Å²) in [5.74, 6) is 0.334. The highest BCUT2D eigenvalue weighted by atomic mass is 32.2. The Morgan fingerprint density at radius 3 is 2.43 bits per heavy atom. The van der Waals surface area contributed by atoms with Crippen molar-refractivity contribution in [1.82, 2.24) is 9.62 Å². The van der Waals surface area contributed by atoms with Gasteiger partial charge in [0.1, 0.15) is 5.75 Å². The number of nitrogens with zero attached hydrogens (tertiary/aromatic N) is 1. The molecule has 1 N–H and O–H groups in total. The van der Waals surface area contributed by atoms with Gasteiger partial charge in [0.2, 0.25) is 10.0 Å². The van der Waals surface area contributed by atoms with Crippen LogP contribution in [0.15, 0.2) is 59.5 Å². The fraction of sp³-hybridized carbons (Fsp3) is 0.429. The number of likely N-dealkylation sites (tertiary alicyclic amines) is 1. The van der Waals surface area contributed by atoms with Crippen molar-refractivity contribution in [3.63, 3.8) is 0 Å². The second-order valence-electron chi connectivity index (χ2n) is 7.63. The first-order valence-corrected chi connectivity index (χ1v) is 13.1. The highest BCUT2D eigenvalue weighted by Gasteiger charge is 2.24. The van der Waals surface area contributed by atoms with Gasteiger partial charge < -0.3 is 9.08 Å². The summed E-state index contributed by atoms with van der Waals surface area (Å²) in [5.41, 5.74) is 1.00. The third-order valence-electron chi connectivity index (χ3n) is 5.12. The number of sulfonamides is 1. The maximum Gasteiger partial charge on any atom is 0.310 e. The van der Waals surface area contributed by atoms with Crippen molar-refractivity contribution < 1.29 is 21.0 Å². The zero-order valence-electron chi connectivity index (χ0n) is 17.0. The molecule has 0 spiro atoms. The monoisotopic (exact) mass is 452 g/mol. The molecule has 7 nitrogen and oxygen atoms in total. The molecule has 0 bridgehead atoms. The topological polar surface area (TPSA) is 92.8 Å². The van der Waals surface area contributed by atoms with Gasteiger partial charge in [-0.1, -0.05) is 35.9 Å². The number of hydrogen-bond acceptors (Lipinski definition) is 6. The Hall–Kier alpha value is -1.94. The summed E-state index contributed by atoms with van der Waals surface area (Å²) in [7, 11) is -7.23. The van der Waals surface area contributed by atoms with Gasteiger partial charge in [0.25, 0.3) is 0 Å². The second-order valence-corrected chi connectivity index (χ2v) is 11.1. The lowest BCUT2D eigenvalue weighted by atomic mass is 9.98. The Morgan fingerprint density at radius 1 is 1.03 bits per heavy atom. The lowest BCUT2D eigenvalue weighted by molar-refractivity contribution is 0.184. The summed E-state index contributed by atoms with van der Waals surface area (Å²) in [6.07, 6.45) is 1.80. The van der Waals surface area contributed by atoms with Crippen molar-refractivity contribution in [2.75, 3.05) is 31.9 Å². The maximum absolute atomic E-state index is 12.5. The van der Waals surface area contributed by atoms with E-state index < -0.39 is 20.1 Å². The molecule has 9 heteroatoms. The van der Waals surface area contributed by atoms with Crippen LogP contribution >= 0.6 is 0 Å². The molecule has 0 aliphatic carbocycles. The van der Waals surface area contributed by atoms with Gasteiger partial charge in [0.15, 0.2) is 0 Å². The van der Waals surface area contributed by atoms with Gasteiger partial charge >= 0.3 is 10.1 Å². The van der Waals surface area contributed by atoms with E-state index in [0.29, 0.717) is 25.4 Å². The summed E-state index contributed by atoms with van der Waals surface area (Å²) < 4.78 is 57.2. The number of nitrogens with one attached hydrogen (secondary N) is 1. The fourth-order valence-electron chi connectivity index (χ4n) is 3.45. The third-order valence-corrected chi connectivity index (χ3v) is 7.69. The Bertz CT molecular complexity index is 1020. The van der Waals surface area contributed by atoms with Crippen LogP contribution in [0, 0.1) is 12.8 Å². The second kappa shape index (κ2) is 9.91. The highest BCUT2D eigenvalue weighted by molar-refractivity contribution is 7.89. The van der Waals surface area contributed by atoms with Gasteiger partial charge in [0.05, 0.1) is 10.6 Å². The lowest BCUT2D eigenvalue weighted by Crippen LogP contribution is -2.42. The summed E-state index contributed by atoms with van der Waals surface area (Å²) in [6, 6.07) is 15.2. The average molecular weight is 453 g/mol. The van der Waals surface area contributed by atoms with Crippen LogP contribution in [0.1, 0.15) is 18.4 Å². The summed E-state index contributed by atoms with van der Waals surface area (Å²) in [6.45, 7) is 4.04. The molecule has 1 unspecified atom stereocenters. The molecule has 0 amide bonds. The molecule has 0 radical (unpaired) electrons. The van der Waals surface area contributed by atoms with Crippen molar-refractivity contribution in [3.05, 3.63) is 60.2 Å². The molecule has 164 valence electrons. The minimum atomic E-state index is -3.68. The number of benzene rings is 2. The maximum atomic E-state index is 12.5. The van der Waals surface area contributed by atoms with Crippen LogP contribution in [0.3, 0.4) is 0 Å². The minimum absolute atomic E-state index is 0.107. The molecular formula is C21H28N2O5S2. The molecular weight excluding hydrogens is 424 g/mol. The van der Waals surface area contributed by atoms with Crippen LogP contribution in [0.25, 0.3) is 0 Å². The SMILES string of the molecule is Cc1ccc(S(=O)(=O)NCC2CCCN(CCS(=O)(=O)Oc3ccccc3)C2)cc1. The first kappa shape index (κ1) is 22.7. The van der Waals surface area contributed by atoms with Crippen LogP contribution in [-0.2, 0) is 20.1 Å². The molecule has 1 atom stereocenters. The minimum Gasteiger partial charge on any atom is -0.382 e. The number of aryl methyl sites for hydroxylation is 1. The largest absolute Gasteiger partial charge is 0.382 e. The predicted octanol–water partition coefficient (Wildman–Crippen LogP) is 2.39. The van der Waals surface area contributed by atoms with E-state index in [9.17, 15) is 16.8 Å². The Morgan fingerprint density at radius 2 is 1.73 bits per heavy atom. The summed E-state index contributed by atoms with van der Waals surface area (Å²) >= 11 is 0. The average Bonchev–Trinajstić information content (AvgIpc) is 2.72. The van der Waals surface area contributed by atoms with E-state index in [-0.39, 0.29) is 16.6 Å². The smallest absolute Gasteiger partial charge is 0.310 e. The van der Waals surface area contributed by atoms with Gasteiger partial charge in [-0.3, -0.25) is 0 Å². The first-order valence-electron chi connectivity index (χ1n) is 9.99. The molecule has 0 saturated carbocycles. The van der Waals surface area contributed by atoms with Crippen LogP contribution in [0.5, 0.6) is 5.75 Å². The third kappa shape index (κ3) is 6.80. The van der Waals surface area contributed by atoms with Crippen LogP contribution in [-0.4, -0.2) is 53.7 Å². The molecule has 2 aromatic rings. The zero-order chi connectivity index (χ0) is 21.6. The Balaban J connectivity index is 1.48. The molecule has 3 rings (SSSR count). The van der Waals surface area contributed by atoms with Crippen LogP contribution < -0.4 is 8.91 Å². The Kier molecular flexibility index (Phi) is 7.51. The normalized spacial score (nSPS) is 18.2. The molecule has 1 aliphatic rings. The molecule has 1 heterocycles. The fourth-order valence-corrected chi connectivity index (χ4v) is 5.54. The Labute approximate surface area is 179 Å². The van der Waals surface area contributed by atoms with Crippen molar-refractivity contribution in [2.24, 2.45) is 5.92 Å². The van der Waals surface area contributed by atoms with E-state index >= 15 is 0 Å². The molecule has 1 fully saturated rings. The molecule has 30 heavy (non-hydrogen) atoms. The molecule has 2 aromatic carbocycles.